The molecule has 0 bridgehead atoms. The second kappa shape index (κ2) is 8.80. The third kappa shape index (κ3) is 4.12. The van der Waals surface area contributed by atoms with Crippen molar-refractivity contribution >= 4 is 23.8 Å². The van der Waals surface area contributed by atoms with Gasteiger partial charge in [0.25, 0.3) is 0 Å². The average Bonchev–Trinajstić information content (AvgIpc) is 2.99. The van der Waals surface area contributed by atoms with E-state index in [1.165, 1.54) is 0 Å². The minimum Gasteiger partial charge on any atom is -0.308 e. The summed E-state index contributed by atoms with van der Waals surface area (Å²) in [6, 6.07) is 19.5. The molecule has 0 aliphatic heterocycles. The van der Waals surface area contributed by atoms with Crippen molar-refractivity contribution in [3.8, 4) is 11.4 Å². The van der Waals surface area contributed by atoms with E-state index in [0.717, 1.165) is 17.1 Å². The molecule has 0 fully saturated rings. The van der Waals surface area contributed by atoms with Gasteiger partial charge in [-0.2, -0.15) is 5.10 Å². The molecule has 0 aliphatic rings. The Labute approximate surface area is 170 Å². The van der Waals surface area contributed by atoms with Crippen molar-refractivity contribution in [2.45, 2.75) is 33.0 Å². The summed E-state index contributed by atoms with van der Waals surface area (Å²) in [5.41, 5.74) is 1.81. The van der Waals surface area contributed by atoms with Crippen LogP contribution in [-0.2, 0) is 17.9 Å². The first kappa shape index (κ1) is 19.8. The van der Waals surface area contributed by atoms with Crippen LogP contribution >= 0.6 is 12.2 Å². The van der Waals surface area contributed by atoms with E-state index in [9.17, 15) is 4.79 Å². The number of rotatable bonds is 7. The van der Waals surface area contributed by atoms with Crippen LogP contribution in [0.3, 0.4) is 0 Å². The molecule has 0 atom stereocenters. The largest absolute Gasteiger partial charge is 0.308 e. The van der Waals surface area contributed by atoms with Gasteiger partial charge in [-0.25, -0.2) is 4.68 Å². The van der Waals surface area contributed by atoms with Crippen molar-refractivity contribution in [1.29, 1.82) is 0 Å². The van der Waals surface area contributed by atoms with Crippen LogP contribution < -0.4 is 4.90 Å². The van der Waals surface area contributed by atoms with Crippen LogP contribution in [0.2, 0.25) is 0 Å². The highest BCUT2D eigenvalue weighted by molar-refractivity contribution is 7.71. The summed E-state index contributed by atoms with van der Waals surface area (Å²) in [7, 11) is 0. The first-order chi connectivity index (χ1) is 13.5. The topological polar surface area (TPSA) is 43.1 Å². The number of carbonyl (C=O) groups is 1. The standard InChI is InChI=1S/C22H24N4OS/c1-4-15-24-21(18-11-7-5-8-12-18)23-25(22(24)28)16-20(27)26(17(2)3)19-13-9-6-10-14-19/h4-14,17H,1,15-16H2,2-3H3. The number of para-hydroxylation sites is 1. The van der Waals surface area contributed by atoms with Gasteiger partial charge >= 0.3 is 0 Å². The van der Waals surface area contributed by atoms with Crippen molar-refractivity contribution in [2.75, 3.05) is 4.90 Å². The van der Waals surface area contributed by atoms with Crippen molar-refractivity contribution in [2.24, 2.45) is 0 Å². The van der Waals surface area contributed by atoms with Crippen LogP contribution in [0.1, 0.15) is 13.8 Å². The number of benzene rings is 2. The van der Waals surface area contributed by atoms with Gasteiger partial charge in [-0.05, 0) is 38.2 Å². The summed E-state index contributed by atoms with van der Waals surface area (Å²) >= 11 is 5.61. The third-order valence-corrected chi connectivity index (χ3v) is 4.80. The van der Waals surface area contributed by atoms with Crippen molar-refractivity contribution < 1.29 is 4.79 Å². The number of hydrogen-bond acceptors (Lipinski definition) is 3. The van der Waals surface area contributed by atoms with Crippen LogP contribution in [-0.4, -0.2) is 26.3 Å². The van der Waals surface area contributed by atoms with E-state index in [0.29, 0.717) is 11.3 Å². The van der Waals surface area contributed by atoms with Gasteiger partial charge in [-0.15, -0.1) is 6.58 Å². The molecule has 144 valence electrons. The van der Waals surface area contributed by atoms with E-state index < -0.39 is 0 Å². The normalized spacial score (nSPS) is 10.8. The molecular formula is C22H24N4OS. The summed E-state index contributed by atoms with van der Waals surface area (Å²) in [5.74, 6) is 0.675. The summed E-state index contributed by atoms with van der Waals surface area (Å²) in [6.07, 6.45) is 1.78. The van der Waals surface area contributed by atoms with Crippen LogP contribution in [0, 0.1) is 4.77 Å². The molecular weight excluding hydrogens is 368 g/mol. The van der Waals surface area contributed by atoms with Gasteiger partial charge in [0.05, 0.1) is 0 Å². The summed E-state index contributed by atoms with van der Waals surface area (Å²) < 4.78 is 4.00. The number of amides is 1. The molecule has 28 heavy (non-hydrogen) atoms. The molecule has 0 radical (unpaired) electrons. The lowest BCUT2D eigenvalue weighted by molar-refractivity contribution is -0.119. The van der Waals surface area contributed by atoms with Gasteiger partial charge in [-0.1, -0.05) is 54.6 Å². The lowest BCUT2D eigenvalue weighted by Gasteiger charge is -2.26. The van der Waals surface area contributed by atoms with Crippen LogP contribution in [0.15, 0.2) is 73.3 Å². The predicted molar refractivity (Wildman–Crippen MR) is 116 cm³/mol. The van der Waals surface area contributed by atoms with Crippen molar-refractivity contribution in [3.63, 3.8) is 0 Å². The van der Waals surface area contributed by atoms with Gasteiger partial charge in [0.1, 0.15) is 6.54 Å². The number of nitrogens with zero attached hydrogens (tertiary/aromatic N) is 4. The highest BCUT2D eigenvalue weighted by Gasteiger charge is 2.21. The van der Waals surface area contributed by atoms with Gasteiger partial charge in [0.2, 0.25) is 5.91 Å². The van der Waals surface area contributed by atoms with Gasteiger partial charge in [-0.3, -0.25) is 9.36 Å². The molecule has 5 nitrogen and oxygen atoms in total. The second-order valence-corrected chi connectivity index (χ2v) is 7.09. The zero-order valence-corrected chi connectivity index (χ0v) is 17.0. The monoisotopic (exact) mass is 392 g/mol. The molecule has 2 aromatic carbocycles. The molecule has 1 aromatic heterocycles. The van der Waals surface area contributed by atoms with Crippen LogP contribution in [0.5, 0.6) is 0 Å². The quantitative estimate of drug-likeness (QED) is 0.432. The predicted octanol–water partition coefficient (Wildman–Crippen LogP) is 4.71. The fourth-order valence-corrected chi connectivity index (χ4v) is 3.43. The van der Waals surface area contributed by atoms with Gasteiger partial charge < -0.3 is 4.90 Å². The molecule has 1 amide bonds. The summed E-state index contributed by atoms with van der Waals surface area (Å²) in [6.45, 7) is 8.42. The van der Waals surface area contributed by atoms with Gasteiger partial charge in [0, 0.05) is 23.8 Å². The highest BCUT2D eigenvalue weighted by atomic mass is 32.1. The number of anilines is 1. The SMILES string of the molecule is C=CCn1c(-c2ccccc2)nn(CC(=O)N(c2ccccc2)C(C)C)c1=S. The van der Waals surface area contributed by atoms with E-state index in [2.05, 4.69) is 11.7 Å². The second-order valence-electron chi connectivity index (χ2n) is 6.72. The maximum atomic E-state index is 13.1. The van der Waals surface area contributed by atoms with E-state index >= 15 is 0 Å². The zero-order chi connectivity index (χ0) is 20.1. The Morgan fingerprint density at radius 2 is 1.75 bits per heavy atom. The molecule has 3 rings (SSSR count). The Balaban J connectivity index is 1.96. The van der Waals surface area contributed by atoms with E-state index in [1.807, 2.05) is 79.1 Å². The Morgan fingerprint density at radius 3 is 2.32 bits per heavy atom. The number of hydrogen-bond donors (Lipinski definition) is 0. The van der Waals surface area contributed by atoms with Crippen LogP contribution in [0.25, 0.3) is 11.4 Å². The summed E-state index contributed by atoms with van der Waals surface area (Å²) in [4.78, 5) is 14.9. The molecule has 3 aromatic rings. The molecule has 0 N–H and O–H groups in total. The van der Waals surface area contributed by atoms with Crippen molar-refractivity contribution in [1.82, 2.24) is 14.3 Å². The van der Waals surface area contributed by atoms with Crippen LogP contribution in [0.4, 0.5) is 5.69 Å². The maximum Gasteiger partial charge on any atom is 0.249 e. The number of aromatic nitrogens is 3. The molecule has 0 saturated heterocycles. The van der Waals surface area contributed by atoms with E-state index in [-0.39, 0.29) is 18.5 Å². The molecule has 0 spiro atoms. The minimum absolute atomic E-state index is 0.0212. The first-order valence-corrected chi connectivity index (χ1v) is 9.64. The zero-order valence-electron chi connectivity index (χ0n) is 16.2. The first-order valence-electron chi connectivity index (χ1n) is 9.24. The van der Waals surface area contributed by atoms with Gasteiger partial charge in [0.15, 0.2) is 10.6 Å². The smallest absolute Gasteiger partial charge is 0.249 e. The molecule has 1 heterocycles. The fraction of sp³-hybridized carbons (Fsp3) is 0.227. The van der Waals surface area contributed by atoms with Crippen molar-refractivity contribution in [3.05, 3.63) is 78.1 Å². The maximum absolute atomic E-state index is 13.1. The number of allylic oxidation sites excluding steroid dienone is 1. The highest BCUT2D eigenvalue weighted by Crippen LogP contribution is 2.20. The number of carbonyl (C=O) groups excluding carboxylic acids is 1. The molecule has 0 aliphatic carbocycles. The Bertz CT molecular complexity index is 1010. The third-order valence-electron chi connectivity index (χ3n) is 4.37. The summed E-state index contributed by atoms with van der Waals surface area (Å²) in [5, 5.41) is 4.65. The lowest BCUT2D eigenvalue weighted by atomic mass is 10.2. The molecule has 0 saturated carbocycles. The Morgan fingerprint density at radius 1 is 1.14 bits per heavy atom. The van der Waals surface area contributed by atoms with E-state index in [1.54, 1.807) is 15.7 Å². The minimum atomic E-state index is -0.0554. The Kier molecular flexibility index (Phi) is 6.21. The lowest BCUT2D eigenvalue weighted by Crippen LogP contribution is -2.39. The average molecular weight is 393 g/mol. The fourth-order valence-electron chi connectivity index (χ4n) is 3.16. The Hall–Kier alpha value is -2.99. The van der Waals surface area contributed by atoms with E-state index in [4.69, 9.17) is 12.2 Å². The molecule has 0 unspecified atom stereocenters. The molecule has 6 heteroatoms.